The van der Waals surface area contributed by atoms with Gasteiger partial charge >= 0.3 is 0 Å². The highest BCUT2D eigenvalue weighted by atomic mass is 127. The van der Waals surface area contributed by atoms with Crippen LogP contribution in [0.25, 0.3) is 0 Å². The van der Waals surface area contributed by atoms with E-state index in [2.05, 4.69) is 27.0 Å². The van der Waals surface area contributed by atoms with Crippen LogP contribution in [-0.4, -0.2) is 10.5 Å². The van der Waals surface area contributed by atoms with Crippen LogP contribution in [0.1, 0.15) is 13.8 Å². The van der Waals surface area contributed by atoms with E-state index in [1.807, 2.05) is 19.2 Å². The maximum atomic E-state index is 5.38. The molecule has 0 atom stereocenters. The summed E-state index contributed by atoms with van der Waals surface area (Å²) in [5.41, 5.74) is 0. The molecule has 0 radical (unpaired) electrons. The summed E-state index contributed by atoms with van der Waals surface area (Å²) in [4.78, 5) is 0. The molecule has 0 aliphatic heterocycles. The SMILES string of the molecule is CC(C)Oc1nscc1I. The highest BCUT2D eigenvalue weighted by molar-refractivity contribution is 14.1. The second kappa shape index (κ2) is 3.52. The van der Waals surface area contributed by atoms with Gasteiger partial charge in [0.05, 0.1) is 9.67 Å². The van der Waals surface area contributed by atoms with E-state index in [1.165, 1.54) is 11.5 Å². The molecule has 0 bridgehead atoms. The lowest BCUT2D eigenvalue weighted by molar-refractivity contribution is 0.233. The van der Waals surface area contributed by atoms with Gasteiger partial charge in [-0.2, -0.15) is 4.37 Å². The second-order valence-electron chi connectivity index (χ2n) is 2.13. The monoisotopic (exact) mass is 269 g/mol. The predicted molar refractivity (Wildman–Crippen MR) is 50.6 cm³/mol. The summed E-state index contributed by atoms with van der Waals surface area (Å²) in [7, 11) is 0. The Morgan fingerprint density at radius 1 is 1.70 bits per heavy atom. The topological polar surface area (TPSA) is 22.1 Å². The van der Waals surface area contributed by atoms with Crippen molar-refractivity contribution < 1.29 is 4.74 Å². The van der Waals surface area contributed by atoms with Crippen LogP contribution < -0.4 is 4.74 Å². The number of hydrogen-bond acceptors (Lipinski definition) is 3. The molecule has 0 saturated heterocycles. The summed E-state index contributed by atoms with van der Waals surface area (Å²) in [6, 6.07) is 0. The van der Waals surface area contributed by atoms with Crippen molar-refractivity contribution in [1.82, 2.24) is 4.37 Å². The van der Waals surface area contributed by atoms with Crippen LogP contribution in [0.2, 0.25) is 0 Å². The molecular weight excluding hydrogens is 261 g/mol. The van der Waals surface area contributed by atoms with Crippen LogP contribution >= 0.6 is 34.1 Å². The maximum Gasteiger partial charge on any atom is 0.239 e. The molecule has 0 spiro atoms. The number of ether oxygens (including phenoxy) is 1. The fourth-order valence-electron chi connectivity index (χ4n) is 0.516. The van der Waals surface area contributed by atoms with Crippen molar-refractivity contribution in [2.45, 2.75) is 20.0 Å². The summed E-state index contributed by atoms with van der Waals surface area (Å²) >= 11 is 3.64. The predicted octanol–water partition coefficient (Wildman–Crippen LogP) is 2.53. The summed E-state index contributed by atoms with van der Waals surface area (Å²) in [5.74, 6) is 0.764. The van der Waals surface area contributed by atoms with Gasteiger partial charge in [0.1, 0.15) is 0 Å². The molecule has 1 aromatic heterocycles. The molecule has 1 rings (SSSR count). The number of rotatable bonds is 2. The van der Waals surface area contributed by atoms with Crippen molar-refractivity contribution in [1.29, 1.82) is 0 Å². The van der Waals surface area contributed by atoms with Crippen LogP contribution in [-0.2, 0) is 0 Å². The average Bonchev–Trinajstić information content (AvgIpc) is 2.15. The Bertz CT molecular complexity index is 211. The molecule has 0 aliphatic rings. The third-order valence-electron chi connectivity index (χ3n) is 0.843. The normalized spacial score (nSPS) is 10.4. The number of halogens is 1. The molecule has 0 unspecified atom stereocenters. The molecule has 56 valence electrons. The average molecular weight is 269 g/mol. The third kappa shape index (κ3) is 2.09. The van der Waals surface area contributed by atoms with Gasteiger partial charge in [0.15, 0.2) is 0 Å². The first-order chi connectivity index (χ1) is 4.70. The minimum Gasteiger partial charge on any atom is -0.474 e. The van der Waals surface area contributed by atoms with Crippen molar-refractivity contribution in [3.63, 3.8) is 0 Å². The van der Waals surface area contributed by atoms with Crippen molar-refractivity contribution in [3.05, 3.63) is 8.95 Å². The van der Waals surface area contributed by atoms with E-state index in [4.69, 9.17) is 4.74 Å². The summed E-state index contributed by atoms with van der Waals surface area (Å²) in [6.07, 6.45) is 0.218. The minimum atomic E-state index is 0.218. The Labute approximate surface area is 77.9 Å². The zero-order valence-electron chi connectivity index (χ0n) is 5.80. The molecule has 2 nitrogen and oxygen atoms in total. The van der Waals surface area contributed by atoms with Crippen LogP contribution in [0.15, 0.2) is 5.38 Å². The van der Waals surface area contributed by atoms with Gasteiger partial charge in [-0.3, -0.25) is 0 Å². The van der Waals surface area contributed by atoms with Crippen LogP contribution in [0.4, 0.5) is 0 Å². The van der Waals surface area contributed by atoms with Gasteiger partial charge in [-0.25, -0.2) is 0 Å². The number of hydrogen-bond donors (Lipinski definition) is 0. The standard InChI is InChI=1S/C6H8INOS/c1-4(2)9-6-5(7)3-10-8-6/h3-4H,1-2H3. The molecule has 10 heavy (non-hydrogen) atoms. The smallest absolute Gasteiger partial charge is 0.239 e. The van der Waals surface area contributed by atoms with Gasteiger partial charge in [-0.1, -0.05) is 0 Å². The maximum absolute atomic E-state index is 5.38. The molecule has 1 aromatic rings. The second-order valence-corrected chi connectivity index (χ2v) is 3.93. The van der Waals surface area contributed by atoms with E-state index >= 15 is 0 Å². The molecule has 0 aliphatic carbocycles. The number of aromatic nitrogens is 1. The zero-order valence-corrected chi connectivity index (χ0v) is 8.77. The quantitative estimate of drug-likeness (QED) is 0.770. The Hall–Kier alpha value is 0.160. The molecule has 0 N–H and O–H groups in total. The first kappa shape index (κ1) is 8.26. The van der Waals surface area contributed by atoms with E-state index < -0.39 is 0 Å². The van der Waals surface area contributed by atoms with Crippen molar-refractivity contribution >= 4 is 34.1 Å². The fraction of sp³-hybridized carbons (Fsp3) is 0.500. The van der Waals surface area contributed by atoms with E-state index in [-0.39, 0.29) is 6.10 Å². The zero-order chi connectivity index (χ0) is 7.56. The lowest BCUT2D eigenvalue weighted by Gasteiger charge is -2.05. The fourth-order valence-corrected chi connectivity index (χ4v) is 1.75. The Morgan fingerprint density at radius 3 is 2.80 bits per heavy atom. The van der Waals surface area contributed by atoms with E-state index in [0.29, 0.717) is 0 Å². The molecule has 0 amide bonds. The van der Waals surface area contributed by atoms with Crippen molar-refractivity contribution in [3.8, 4) is 5.88 Å². The Kier molecular flexibility index (Phi) is 2.91. The molecule has 0 saturated carbocycles. The van der Waals surface area contributed by atoms with Crippen LogP contribution in [0, 0.1) is 3.57 Å². The lowest BCUT2D eigenvalue weighted by Crippen LogP contribution is -2.06. The summed E-state index contributed by atoms with van der Waals surface area (Å²) in [6.45, 7) is 3.99. The first-order valence-electron chi connectivity index (χ1n) is 2.96. The van der Waals surface area contributed by atoms with Gasteiger partial charge in [0.25, 0.3) is 0 Å². The summed E-state index contributed by atoms with van der Waals surface area (Å²) in [5, 5.41) is 1.97. The van der Waals surface area contributed by atoms with Gasteiger partial charge < -0.3 is 4.74 Å². The van der Waals surface area contributed by atoms with Gasteiger partial charge in [-0.15, -0.1) is 0 Å². The molecule has 4 heteroatoms. The van der Waals surface area contributed by atoms with Gasteiger partial charge in [0, 0.05) is 5.38 Å². The molecule has 0 fully saturated rings. The van der Waals surface area contributed by atoms with E-state index in [0.717, 1.165) is 9.45 Å². The van der Waals surface area contributed by atoms with Crippen molar-refractivity contribution in [2.24, 2.45) is 0 Å². The Morgan fingerprint density at radius 2 is 2.40 bits per heavy atom. The minimum absolute atomic E-state index is 0.218. The van der Waals surface area contributed by atoms with E-state index in [9.17, 15) is 0 Å². The van der Waals surface area contributed by atoms with Gasteiger partial charge in [-0.05, 0) is 48.0 Å². The Balaban J connectivity index is 2.65. The highest BCUT2D eigenvalue weighted by Gasteiger charge is 2.04. The number of nitrogens with zero attached hydrogens (tertiary/aromatic N) is 1. The third-order valence-corrected chi connectivity index (χ3v) is 2.65. The highest BCUT2D eigenvalue weighted by Crippen LogP contribution is 2.21. The molecule has 1 heterocycles. The van der Waals surface area contributed by atoms with Gasteiger partial charge in [0.2, 0.25) is 5.88 Å². The molecular formula is C6H8INOS. The first-order valence-corrected chi connectivity index (χ1v) is 4.88. The van der Waals surface area contributed by atoms with Crippen LogP contribution in [0.5, 0.6) is 5.88 Å². The largest absolute Gasteiger partial charge is 0.474 e. The molecule has 0 aromatic carbocycles. The lowest BCUT2D eigenvalue weighted by atomic mass is 10.5. The van der Waals surface area contributed by atoms with Crippen LogP contribution in [0.3, 0.4) is 0 Å². The summed E-state index contributed by atoms with van der Waals surface area (Å²) < 4.78 is 10.5. The van der Waals surface area contributed by atoms with E-state index in [1.54, 1.807) is 0 Å². The van der Waals surface area contributed by atoms with Crippen molar-refractivity contribution in [2.75, 3.05) is 0 Å².